The average Bonchev–Trinajstić information content (AvgIpc) is 3.17. The predicted octanol–water partition coefficient (Wildman–Crippen LogP) is 0.888. The molecule has 2 bridgehead atoms. The third-order valence-corrected chi connectivity index (χ3v) is 11.5. The first-order valence-corrected chi connectivity index (χ1v) is 15.9. The first-order valence-electron chi connectivity index (χ1n) is 12.4. The van der Waals surface area contributed by atoms with Gasteiger partial charge in [-0.25, -0.2) is 21.6 Å². The van der Waals surface area contributed by atoms with Gasteiger partial charge in [0.05, 0.1) is 23.6 Å². The number of carbonyl (C=O) groups is 2. The summed E-state index contributed by atoms with van der Waals surface area (Å²) in [7, 11) is -7.45. The molecule has 3 atom stereocenters. The van der Waals surface area contributed by atoms with Crippen LogP contribution < -0.4 is 4.72 Å². The first kappa shape index (κ1) is 27.7. The molecule has 1 aromatic rings. The normalized spacial score (nSPS) is 26.7. The largest absolute Gasteiger partial charge is 0.339 e. The van der Waals surface area contributed by atoms with Gasteiger partial charge in [0.15, 0.2) is 0 Å². The van der Waals surface area contributed by atoms with Crippen LogP contribution in [0.4, 0.5) is 0 Å². The second kappa shape index (κ2) is 9.76. The highest BCUT2D eigenvalue weighted by Gasteiger charge is 2.65. The second-order valence-corrected chi connectivity index (χ2v) is 14.8. The molecule has 4 rings (SSSR count). The summed E-state index contributed by atoms with van der Waals surface area (Å²) in [4.78, 5) is 28.0. The van der Waals surface area contributed by atoms with Crippen LogP contribution in [0.2, 0.25) is 0 Å². The summed E-state index contributed by atoms with van der Waals surface area (Å²) in [5, 5.41) is 9.26. The fourth-order valence-electron chi connectivity index (χ4n) is 6.33. The molecule has 1 heterocycles. The molecule has 0 unspecified atom stereocenters. The Morgan fingerprint density at radius 2 is 1.86 bits per heavy atom. The van der Waals surface area contributed by atoms with Gasteiger partial charge < -0.3 is 4.90 Å². The minimum Gasteiger partial charge on any atom is -0.339 e. The predicted molar refractivity (Wildman–Crippen MR) is 137 cm³/mol. The van der Waals surface area contributed by atoms with E-state index >= 15 is 0 Å². The van der Waals surface area contributed by atoms with E-state index in [0.717, 1.165) is 12.7 Å². The number of carbonyl (C=O) groups excluding carboxylic acids is 2. The second-order valence-electron chi connectivity index (χ2n) is 11.1. The van der Waals surface area contributed by atoms with Crippen LogP contribution in [-0.4, -0.2) is 82.0 Å². The highest BCUT2D eigenvalue weighted by atomic mass is 32.2. The number of amides is 1. The van der Waals surface area contributed by atoms with Crippen LogP contribution in [0.5, 0.6) is 0 Å². The maximum absolute atomic E-state index is 13.6. The van der Waals surface area contributed by atoms with Crippen LogP contribution in [0.15, 0.2) is 24.3 Å². The fraction of sp³-hybridized carbons (Fsp3) is 0.640. The minimum atomic E-state index is -4.06. The van der Waals surface area contributed by atoms with Crippen molar-refractivity contribution in [3.05, 3.63) is 35.4 Å². The van der Waals surface area contributed by atoms with E-state index in [1.165, 1.54) is 9.21 Å². The maximum atomic E-state index is 13.6. The number of benzene rings is 1. The summed E-state index contributed by atoms with van der Waals surface area (Å²) >= 11 is 0. The van der Waals surface area contributed by atoms with Gasteiger partial charge in [-0.3, -0.25) is 9.59 Å². The quantitative estimate of drug-likeness (QED) is 0.506. The highest BCUT2D eigenvalue weighted by molar-refractivity contribution is 7.89. The van der Waals surface area contributed by atoms with Crippen molar-refractivity contribution in [2.45, 2.75) is 45.6 Å². The molecular weight excluding hydrogens is 516 g/mol. The van der Waals surface area contributed by atoms with Crippen molar-refractivity contribution in [2.75, 3.05) is 38.2 Å². The molecule has 1 aliphatic heterocycles. The first-order chi connectivity index (χ1) is 17.2. The molecule has 1 saturated heterocycles. The summed E-state index contributed by atoms with van der Waals surface area (Å²) < 4.78 is 54.7. The Balaban J connectivity index is 1.57. The van der Waals surface area contributed by atoms with E-state index in [0.29, 0.717) is 24.0 Å². The Bertz CT molecular complexity index is 1340. The van der Waals surface area contributed by atoms with Gasteiger partial charge in [0.25, 0.3) is 0 Å². The zero-order chi connectivity index (χ0) is 27.2. The molecule has 37 heavy (non-hydrogen) atoms. The summed E-state index contributed by atoms with van der Waals surface area (Å²) in [6.07, 6.45) is 2.84. The molecule has 3 aliphatic rings. The standard InChI is InChI=1S/C25H34N4O6S2/c1-24(2)20-7-8-25(24,22(30)15-20)17-37(34,35)27-21(14-18-5-4-6-19(13-18)16-26)23(31)28-9-11-29(12-10-28)36(3,32)33/h4-6,13,20-21,27H,7-12,14-15,17H2,1-3H3/t20-,21+,25-/m1/s1. The lowest BCUT2D eigenvalue weighted by Gasteiger charge is -2.37. The molecule has 1 aromatic carbocycles. The number of nitrogens with one attached hydrogen (secondary N) is 1. The molecular formula is C25H34N4O6S2. The van der Waals surface area contributed by atoms with Gasteiger partial charge in [-0.2, -0.15) is 9.57 Å². The van der Waals surface area contributed by atoms with Gasteiger partial charge in [0, 0.05) is 38.0 Å². The van der Waals surface area contributed by atoms with Gasteiger partial charge >= 0.3 is 0 Å². The number of nitrogens with zero attached hydrogens (tertiary/aromatic N) is 3. The SMILES string of the molecule is CC1(C)[C@@H]2CC[C@@]1(CS(=O)(=O)N[C@@H](Cc1cccc(C#N)c1)C(=O)N1CCN(S(C)(=O)=O)CC1)C(=O)C2. The zero-order valence-corrected chi connectivity index (χ0v) is 23.1. The molecule has 202 valence electrons. The van der Waals surface area contributed by atoms with E-state index in [2.05, 4.69) is 4.72 Å². The Morgan fingerprint density at radius 3 is 2.41 bits per heavy atom. The Kier molecular flexibility index (Phi) is 7.31. The van der Waals surface area contributed by atoms with Crippen LogP contribution >= 0.6 is 0 Å². The molecule has 0 aromatic heterocycles. The lowest BCUT2D eigenvalue weighted by molar-refractivity contribution is -0.134. The van der Waals surface area contributed by atoms with Crippen LogP contribution in [0.3, 0.4) is 0 Å². The number of sulfonamides is 2. The van der Waals surface area contributed by atoms with E-state index in [1.807, 2.05) is 19.9 Å². The van der Waals surface area contributed by atoms with Crippen molar-refractivity contribution in [3.63, 3.8) is 0 Å². The Morgan fingerprint density at radius 1 is 1.19 bits per heavy atom. The zero-order valence-electron chi connectivity index (χ0n) is 21.4. The molecule has 3 fully saturated rings. The molecule has 0 radical (unpaired) electrons. The average molecular weight is 551 g/mol. The topological polar surface area (TPSA) is 145 Å². The summed E-state index contributed by atoms with van der Waals surface area (Å²) in [6, 6.07) is 7.52. The number of hydrogen-bond acceptors (Lipinski definition) is 7. The van der Waals surface area contributed by atoms with E-state index in [1.54, 1.807) is 24.3 Å². The molecule has 12 heteroatoms. The van der Waals surface area contributed by atoms with E-state index in [-0.39, 0.29) is 50.1 Å². The highest BCUT2D eigenvalue weighted by Crippen LogP contribution is 2.64. The van der Waals surface area contributed by atoms with E-state index in [4.69, 9.17) is 0 Å². The fourth-order valence-corrected chi connectivity index (χ4v) is 9.19. The maximum Gasteiger partial charge on any atom is 0.241 e. The third kappa shape index (κ3) is 5.32. The van der Waals surface area contributed by atoms with Crippen LogP contribution in [0.1, 0.15) is 44.2 Å². The van der Waals surface area contributed by atoms with Crippen LogP contribution in [0, 0.1) is 28.1 Å². The molecule has 0 spiro atoms. The van der Waals surface area contributed by atoms with E-state index in [9.17, 15) is 31.7 Å². The molecule has 2 aliphatic carbocycles. The third-order valence-electron chi connectivity index (χ3n) is 8.71. The molecule has 1 amide bonds. The molecule has 2 saturated carbocycles. The number of hydrogen-bond donors (Lipinski definition) is 1. The minimum absolute atomic E-state index is 0.0207. The number of ketones is 1. The number of rotatable bonds is 8. The molecule has 1 N–H and O–H groups in total. The van der Waals surface area contributed by atoms with Crippen LogP contribution in [-0.2, 0) is 36.1 Å². The lowest BCUT2D eigenvalue weighted by Crippen LogP contribution is -2.57. The van der Waals surface area contributed by atoms with Crippen molar-refractivity contribution < 1.29 is 26.4 Å². The monoisotopic (exact) mass is 550 g/mol. The van der Waals surface area contributed by atoms with Gasteiger partial charge in [-0.05, 0) is 48.3 Å². The van der Waals surface area contributed by atoms with Gasteiger partial charge in [0.1, 0.15) is 11.8 Å². The van der Waals surface area contributed by atoms with Crippen molar-refractivity contribution in [3.8, 4) is 6.07 Å². The number of nitriles is 1. The summed E-state index contributed by atoms with van der Waals surface area (Å²) in [5.74, 6) is -0.697. The van der Waals surface area contributed by atoms with Gasteiger partial charge in [0.2, 0.25) is 26.0 Å². The molecule has 10 nitrogen and oxygen atoms in total. The van der Waals surface area contributed by atoms with Gasteiger partial charge in [-0.15, -0.1) is 0 Å². The Labute approximate surface area is 219 Å². The number of piperazine rings is 1. The smallest absolute Gasteiger partial charge is 0.241 e. The van der Waals surface area contributed by atoms with E-state index < -0.39 is 42.8 Å². The number of Topliss-reactive ketones (excluding diaryl/α,β-unsaturated/α-hetero) is 1. The number of fused-ring (bicyclic) bond motifs is 2. The Hall–Kier alpha value is -2.33. The summed E-state index contributed by atoms with van der Waals surface area (Å²) in [6.45, 7) is 4.45. The summed E-state index contributed by atoms with van der Waals surface area (Å²) in [5.41, 5.74) is -0.408. The van der Waals surface area contributed by atoms with Crippen molar-refractivity contribution >= 4 is 31.7 Å². The lowest BCUT2D eigenvalue weighted by atomic mass is 9.70. The van der Waals surface area contributed by atoms with Crippen molar-refractivity contribution in [1.29, 1.82) is 5.26 Å². The van der Waals surface area contributed by atoms with Crippen LogP contribution in [0.25, 0.3) is 0 Å². The van der Waals surface area contributed by atoms with Crippen molar-refractivity contribution in [2.24, 2.45) is 16.7 Å². The van der Waals surface area contributed by atoms with Crippen molar-refractivity contribution in [1.82, 2.24) is 13.9 Å². The van der Waals surface area contributed by atoms with Gasteiger partial charge in [-0.1, -0.05) is 26.0 Å².